The van der Waals surface area contributed by atoms with Crippen LogP contribution in [0.5, 0.6) is 0 Å². The summed E-state index contributed by atoms with van der Waals surface area (Å²) in [6.45, 7) is 5.66. The predicted octanol–water partition coefficient (Wildman–Crippen LogP) is 2.07. The Balaban J connectivity index is 1.69. The lowest BCUT2D eigenvalue weighted by molar-refractivity contribution is 0.0106. The Morgan fingerprint density at radius 1 is 1.04 bits per heavy atom. The maximum Gasteiger partial charge on any atom is 0.274 e. The first kappa shape index (κ1) is 18.8. The molecule has 1 atom stereocenters. The fourth-order valence-electron chi connectivity index (χ4n) is 3.62. The molecule has 0 amide bonds. The van der Waals surface area contributed by atoms with Crippen LogP contribution < -0.4 is 5.56 Å². The zero-order valence-electron chi connectivity index (χ0n) is 16.0. The van der Waals surface area contributed by atoms with Crippen molar-refractivity contribution in [2.75, 3.05) is 32.8 Å². The number of ether oxygens (including phenoxy) is 1. The van der Waals surface area contributed by atoms with E-state index in [0.29, 0.717) is 25.1 Å². The van der Waals surface area contributed by atoms with Gasteiger partial charge in [0.1, 0.15) is 0 Å². The highest BCUT2D eigenvalue weighted by Crippen LogP contribution is 2.24. The molecular formula is C22H25N3O3. The molecule has 2 heterocycles. The highest BCUT2D eigenvalue weighted by molar-refractivity contribution is 5.93. The monoisotopic (exact) mass is 379 g/mol. The van der Waals surface area contributed by atoms with E-state index in [4.69, 9.17) is 4.74 Å². The van der Waals surface area contributed by atoms with E-state index in [9.17, 15) is 9.90 Å². The molecule has 1 aliphatic rings. The highest BCUT2D eigenvalue weighted by atomic mass is 16.5. The SMILES string of the molecule is Cc1ccc(-c2nn(CC(O)CN3CCOCC3)c(=O)c3ccccc23)cc1. The average molecular weight is 379 g/mol. The first-order valence-corrected chi connectivity index (χ1v) is 9.67. The number of aliphatic hydroxyl groups is 1. The molecule has 6 nitrogen and oxygen atoms in total. The summed E-state index contributed by atoms with van der Waals surface area (Å²) in [6, 6.07) is 15.6. The van der Waals surface area contributed by atoms with Crippen LogP contribution >= 0.6 is 0 Å². The van der Waals surface area contributed by atoms with Crippen molar-refractivity contribution < 1.29 is 9.84 Å². The third-order valence-electron chi connectivity index (χ3n) is 5.15. The minimum Gasteiger partial charge on any atom is -0.390 e. The van der Waals surface area contributed by atoms with Crippen LogP contribution in [-0.2, 0) is 11.3 Å². The minimum atomic E-state index is -0.671. The van der Waals surface area contributed by atoms with E-state index in [2.05, 4.69) is 10.00 Å². The average Bonchev–Trinajstić information content (AvgIpc) is 2.72. The largest absolute Gasteiger partial charge is 0.390 e. The molecule has 4 rings (SSSR count). The number of benzene rings is 2. The van der Waals surface area contributed by atoms with Crippen molar-refractivity contribution in [3.8, 4) is 11.3 Å². The Bertz CT molecular complexity index is 1010. The molecule has 1 aromatic heterocycles. The van der Waals surface area contributed by atoms with Gasteiger partial charge < -0.3 is 9.84 Å². The predicted molar refractivity (Wildman–Crippen MR) is 109 cm³/mol. The van der Waals surface area contributed by atoms with E-state index in [1.807, 2.05) is 55.5 Å². The Labute approximate surface area is 164 Å². The third kappa shape index (κ3) is 3.99. The Morgan fingerprint density at radius 3 is 2.43 bits per heavy atom. The van der Waals surface area contributed by atoms with E-state index >= 15 is 0 Å². The van der Waals surface area contributed by atoms with E-state index in [1.54, 1.807) is 0 Å². The number of hydrogen-bond donors (Lipinski definition) is 1. The zero-order valence-corrected chi connectivity index (χ0v) is 16.0. The van der Waals surface area contributed by atoms with Gasteiger partial charge in [0.25, 0.3) is 5.56 Å². The van der Waals surface area contributed by atoms with E-state index < -0.39 is 6.10 Å². The summed E-state index contributed by atoms with van der Waals surface area (Å²) in [5, 5.41) is 16.6. The second-order valence-corrected chi connectivity index (χ2v) is 7.31. The first-order chi connectivity index (χ1) is 13.6. The lowest BCUT2D eigenvalue weighted by Crippen LogP contribution is -2.43. The number of β-amino-alcohol motifs (C(OH)–C–C–N with tert-alkyl or cyclic N) is 1. The summed E-state index contributed by atoms with van der Waals surface area (Å²) in [5.41, 5.74) is 2.71. The van der Waals surface area contributed by atoms with Gasteiger partial charge >= 0.3 is 0 Å². The Morgan fingerprint density at radius 2 is 1.71 bits per heavy atom. The number of fused-ring (bicyclic) bond motifs is 1. The number of aromatic nitrogens is 2. The van der Waals surface area contributed by atoms with Crippen molar-refractivity contribution in [2.24, 2.45) is 0 Å². The fraction of sp³-hybridized carbons (Fsp3) is 0.364. The van der Waals surface area contributed by atoms with Gasteiger partial charge in [0, 0.05) is 30.6 Å². The van der Waals surface area contributed by atoms with Gasteiger partial charge in [-0.05, 0) is 13.0 Å². The second-order valence-electron chi connectivity index (χ2n) is 7.31. The van der Waals surface area contributed by atoms with E-state index in [1.165, 1.54) is 10.2 Å². The first-order valence-electron chi connectivity index (χ1n) is 9.67. The maximum absolute atomic E-state index is 12.9. The van der Waals surface area contributed by atoms with Crippen molar-refractivity contribution in [3.63, 3.8) is 0 Å². The molecule has 0 spiro atoms. The molecule has 0 radical (unpaired) electrons. The van der Waals surface area contributed by atoms with Crippen molar-refractivity contribution in [3.05, 3.63) is 64.4 Å². The van der Waals surface area contributed by atoms with Gasteiger partial charge in [-0.1, -0.05) is 48.0 Å². The van der Waals surface area contributed by atoms with Crippen molar-refractivity contribution >= 4 is 10.8 Å². The van der Waals surface area contributed by atoms with Gasteiger partial charge in [-0.15, -0.1) is 0 Å². The van der Waals surface area contributed by atoms with Crippen LogP contribution in [0.2, 0.25) is 0 Å². The number of rotatable bonds is 5. The van der Waals surface area contributed by atoms with Crippen LogP contribution in [0.4, 0.5) is 0 Å². The number of hydrogen-bond acceptors (Lipinski definition) is 5. The number of aliphatic hydroxyl groups excluding tert-OH is 1. The zero-order chi connectivity index (χ0) is 19.5. The lowest BCUT2D eigenvalue weighted by atomic mass is 10.0. The van der Waals surface area contributed by atoms with Gasteiger partial charge in [-0.3, -0.25) is 9.69 Å². The Hall–Kier alpha value is -2.54. The normalized spacial score (nSPS) is 16.4. The van der Waals surface area contributed by atoms with Crippen molar-refractivity contribution in [1.29, 1.82) is 0 Å². The third-order valence-corrected chi connectivity index (χ3v) is 5.15. The summed E-state index contributed by atoms with van der Waals surface area (Å²) >= 11 is 0. The summed E-state index contributed by atoms with van der Waals surface area (Å²) in [7, 11) is 0. The molecule has 2 aromatic carbocycles. The van der Waals surface area contributed by atoms with Crippen LogP contribution in [-0.4, -0.2) is 58.7 Å². The molecule has 28 heavy (non-hydrogen) atoms. The molecule has 1 saturated heterocycles. The van der Waals surface area contributed by atoms with Crippen molar-refractivity contribution in [1.82, 2.24) is 14.7 Å². The van der Waals surface area contributed by atoms with Gasteiger partial charge in [-0.25, -0.2) is 4.68 Å². The molecule has 3 aromatic rings. The molecule has 1 aliphatic heterocycles. The minimum absolute atomic E-state index is 0.167. The standard InChI is InChI=1S/C22H25N3O3/c1-16-6-8-17(9-7-16)21-19-4-2-3-5-20(19)22(27)25(23-21)15-18(26)14-24-10-12-28-13-11-24/h2-9,18,26H,10-15H2,1H3. The summed E-state index contributed by atoms with van der Waals surface area (Å²) < 4.78 is 6.75. The molecule has 1 unspecified atom stereocenters. The van der Waals surface area contributed by atoms with Gasteiger partial charge in [-0.2, -0.15) is 5.10 Å². The second kappa shape index (κ2) is 8.22. The fourth-order valence-corrected chi connectivity index (χ4v) is 3.62. The van der Waals surface area contributed by atoms with E-state index in [0.717, 1.165) is 29.7 Å². The Kier molecular flexibility index (Phi) is 5.52. The lowest BCUT2D eigenvalue weighted by Gasteiger charge is -2.28. The van der Waals surface area contributed by atoms with Gasteiger partial charge in [0.05, 0.1) is 36.9 Å². The topological polar surface area (TPSA) is 67.6 Å². The smallest absolute Gasteiger partial charge is 0.274 e. The number of aryl methyl sites for hydroxylation is 1. The van der Waals surface area contributed by atoms with Gasteiger partial charge in [0.2, 0.25) is 0 Å². The van der Waals surface area contributed by atoms with Gasteiger partial charge in [0.15, 0.2) is 0 Å². The van der Waals surface area contributed by atoms with Crippen LogP contribution in [0.25, 0.3) is 22.0 Å². The molecular weight excluding hydrogens is 354 g/mol. The molecule has 146 valence electrons. The van der Waals surface area contributed by atoms with Crippen LogP contribution in [0.15, 0.2) is 53.3 Å². The highest BCUT2D eigenvalue weighted by Gasteiger charge is 2.18. The molecule has 0 bridgehead atoms. The van der Waals surface area contributed by atoms with Crippen LogP contribution in [0, 0.1) is 6.92 Å². The number of nitrogens with zero attached hydrogens (tertiary/aromatic N) is 3. The summed E-state index contributed by atoms with van der Waals surface area (Å²) in [4.78, 5) is 15.1. The maximum atomic E-state index is 12.9. The molecule has 6 heteroatoms. The van der Waals surface area contributed by atoms with E-state index in [-0.39, 0.29) is 12.1 Å². The molecule has 1 N–H and O–H groups in total. The molecule has 0 aliphatic carbocycles. The quantitative estimate of drug-likeness (QED) is 0.735. The number of morpholine rings is 1. The van der Waals surface area contributed by atoms with Crippen LogP contribution in [0.3, 0.4) is 0 Å². The summed E-state index contributed by atoms with van der Waals surface area (Å²) in [6.07, 6.45) is -0.671. The molecule has 1 fully saturated rings. The van der Waals surface area contributed by atoms with Crippen molar-refractivity contribution in [2.45, 2.75) is 19.6 Å². The molecule has 0 saturated carbocycles. The summed E-state index contributed by atoms with van der Waals surface area (Å²) in [5.74, 6) is 0. The van der Waals surface area contributed by atoms with Crippen LogP contribution in [0.1, 0.15) is 5.56 Å².